The van der Waals surface area contributed by atoms with Crippen molar-refractivity contribution >= 4 is 5.91 Å². The summed E-state index contributed by atoms with van der Waals surface area (Å²) in [6, 6.07) is 10.2. The van der Waals surface area contributed by atoms with Crippen molar-refractivity contribution in [2.24, 2.45) is 5.92 Å². The van der Waals surface area contributed by atoms with Crippen LogP contribution in [0.15, 0.2) is 30.3 Å². The first-order valence-corrected chi connectivity index (χ1v) is 7.82. The molecule has 1 heterocycles. The van der Waals surface area contributed by atoms with Gasteiger partial charge in [0.2, 0.25) is 5.91 Å². The minimum Gasteiger partial charge on any atom is -0.395 e. The van der Waals surface area contributed by atoms with E-state index in [4.69, 9.17) is 0 Å². The Morgan fingerprint density at radius 1 is 1.38 bits per heavy atom. The first kappa shape index (κ1) is 16.0. The standard InChI is InChI=1S/C17H26N2O2/c1-3-18(11-15-7-5-4-6-8-15)17(21)12-19-10-9-14(2)16(19)13-20/h4-8,14,16,20H,3,9-13H2,1-2H3. The summed E-state index contributed by atoms with van der Waals surface area (Å²) in [6.07, 6.45) is 1.06. The largest absolute Gasteiger partial charge is 0.395 e. The van der Waals surface area contributed by atoms with Gasteiger partial charge in [-0.05, 0) is 31.4 Å². The Morgan fingerprint density at radius 2 is 2.10 bits per heavy atom. The zero-order valence-electron chi connectivity index (χ0n) is 13.0. The molecule has 0 saturated carbocycles. The van der Waals surface area contributed by atoms with Gasteiger partial charge in [-0.2, -0.15) is 0 Å². The second-order valence-electron chi connectivity index (χ2n) is 5.88. The number of likely N-dealkylation sites (tertiary alicyclic amines) is 1. The molecular weight excluding hydrogens is 264 g/mol. The van der Waals surface area contributed by atoms with Gasteiger partial charge in [0.25, 0.3) is 0 Å². The molecule has 2 atom stereocenters. The number of carbonyl (C=O) groups excluding carboxylic acids is 1. The van der Waals surface area contributed by atoms with Crippen LogP contribution in [-0.4, -0.2) is 53.1 Å². The lowest BCUT2D eigenvalue weighted by Crippen LogP contribution is -2.44. The third kappa shape index (κ3) is 4.05. The summed E-state index contributed by atoms with van der Waals surface area (Å²) in [4.78, 5) is 16.5. The second kappa shape index (κ2) is 7.57. The summed E-state index contributed by atoms with van der Waals surface area (Å²) in [5.41, 5.74) is 1.15. The van der Waals surface area contributed by atoms with E-state index in [1.807, 2.05) is 42.2 Å². The highest BCUT2D eigenvalue weighted by Gasteiger charge is 2.32. The molecule has 1 saturated heterocycles. The molecule has 2 unspecified atom stereocenters. The van der Waals surface area contributed by atoms with Gasteiger partial charge in [0.15, 0.2) is 0 Å². The fourth-order valence-corrected chi connectivity index (χ4v) is 3.03. The van der Waals surface area contributed by atoms with E-state index < -0.39 is 0 Å². The van der Waals surface area contributed by atoms with Gasteiger partial charge in [-0.1, -0.05) is 37.3 Å². The number of hydrogen-bond acceptors (Lipinski definition) is 3. The van der Waals surface area contributed by atoms with Crippen molar-refractivity contribution in [2.45, 2.75) is 32.9 Å². The maximum atomic E-state index is 12.5. The molecule has 21 heavy (non-hydrogen) atoms. The maximum Gasteiger partial charge on any atom is 0.237 e. The Labute approximate surface area is 127 Å². The molecule has 1 aromatic carbocycles. The molecule has 2 rings (SSSR count). The van der Waals surface area contributed by atoms with E-state index in [9.17, 15) is 9.90 Å². The summed E-state index contributed by atoms with van der Waals surface area (Å²) < 4.78 is 0. The van der Waals surface area contributed by atoms with Crippen molar-refractivity contribution in [1.82, 2.24) is 9.80 Å². The average Bonchev–Trinajstić information content (AvgIpc) is 2.85. The van der Waals surface area contributed by atoms with Crippen LogP contribution < -0.4 is 0 Å². The van der Waals surface area contributed by atoms with E-state index in [1.165, 1.54) is 0 Å². The van der Waals surface area contributed by atoms with Gasteiger partial charge < -0.3 is 10.0 Å². The molecule has 1 fully saturated rings. The predicted molar refractivity (Wildman–Crippen MR) is 83.8 cm³/mol. The minimum absolute atomic E-state index is 0.129. The molecule has 0 bridgehead atoms. The minimum atomic E-state index is 0.129. The predicted octanol–water partition coefficient (Wildman–Crippen LogP) is 1.74. The van der Waals surface area contributed by atoms with Crippen LogP contribution in [0.4, 0.5) is 0 Å². The van der Waals surface area contributed by atoms with Gasteiger partial charge in [0, 0.05) is 19.1 Å². The number of aliphatic hydroxyl groups excluding tert-OH is 1. The molecule has 0 aliphatic carbocycles. The van der Waals surface area contributed by atoms with Gasteiger partial charge in [-0.3, -0.25) is 9.69 Å². The SMILES string of the molecule is CCN(Cc1ccccc1)C(=O)CN1CCC(C)C1CO. The highest BCUT2D eigenvalue weighted by Crippen LogP contribution is 2.23. The topological polar surface area (TPSA) is 43.8 Å². The number of hydrogen-bond donors (Lipinski definition) is 1. The van der Waals surface area contributed by atoms with Crippen LogP contribution in [0.1, 0.15) is 25.8 Å². The van der Waals surface area contributed by atoms with Crippen LogP contribution in [0, 0.1) is 5.92 Å². The molecule has 4 heteroatoms. The lowest BCUT2D eigenvalue weighted by Gasteiger charge is -2.28. The van der Waals surface area contributed by atoms with Gasteiger partial charge in [-0.15, -0.1) is 0 Å². The fourth-order valence-electron chi connectivity index (χ4n) is 3.03. The summed E-state index contributed by atoms with van der Waals surface area (Å²) in [7, 11) is 0. The highest BCUT2D eigenvalue weighted by molar-refractivity contribution is 5.78. The third-order valence-corrected chi connectivity index (χ3v) is 4.47. The summed E-state index contributed by atoms with van der Waals surface area (Å²) in [5, 5.41) is 9.48. The summed E-state index contributed by atoms with van der Waals surface area (Å²) in [5.74, 6) is 0.612. The zero-order valence-corrected chi connectivity index (χ0v) is 13.0. The molecular formula is C17H26N2O2. The Hall–Kier alpha value is -1.39. The Balaban J connectivity index is 1.94. The molecule has 1 amide bonds. The first-order valence-electron chi connectivity index (χ1n) is 7.82. The molecule has 0 radical (unpaired) electrons. The van der Waals surface area contributed by atoms with E-state index in [0.717, 1.165) is 18.5 Å². The lowest BCUT2D eigenvalue weighted by atomic mass is 10.0. The quantitative estimate of drug-likeness (QED) is 0.868. The molecule has 0 aromatic heterocycles. The van der Waals surface area contributed by atoms with Crippen LogP contribution in [0.3, 0.4) is 0 Å². The number of amides is 1. The zero-order chi connectivity index (χ0) is 15.2. The van der Waals surface area contributed by atoms with E-state index in [0.29, 0.717) is 25.6 Å². The first-order chi connectivity index (χ1) is 10.2. The van der Waals surface area contributed by atoms with Gasteiger partial charge in [0.05, 0.1) is 13.2 Å². The van der Waals surface area contributed by atoms with E-state index in [2.05, 4.69) is 11.8 Å². The van der Waals surface area contributed by atoms with Crippen molar-refractivity contribution in [2.75, 3.05) is 26.2 Å². The number of likely N-dealkylation sites (N-methyl/N-ethyl adjacent to an activating group) is 1. The van der Waals surface area contributed by atoms with E-state index >= 15 is 0 Å². The van der Waals surface area contributed by atoms with Crippen molar-refractivity contribution < 1.29 is 9.90 Å². The molecule has 1 aromatic rings. The fraction of sp³-hybridized carbons (Fsp3) is 0.588. The number of carbonyl (C=O) groups is 1. The summed E-state index contributed by atoms with van der Waals surface area (Å²) in [6.45, 7) is 6.98. The van der Waals surface area contributed by atoms with Gasteiger partial charge in [0.1, 0.15) is 0 Å². The monoisotopic (exact) mass is 290 g/mol. The third-order valence-electron chi connectivity index (χ3n) is 4.47. The Morgan fingerprint density at radius 3 is 2.71 bits per heavy atom. The number of nitrogens with zero attached hydrogens (tertiary/aromatic N) is 2. The van der Waals surface area contributed by atoms with Crippen molar-refractivity contribution in [3.63, 3.8) is 0 Å². The van der Waals surface area contributed by atoms with Crippen molar-refractivity contribution in [1.29, 1.82) is 0 Å². The smallest absolute Gasteiger partial charge is 0.237 e. The van der Waals surface area contributed by atoms with Crippen LogP contribution in [-0.2, 0) is 11.3 Å². The van der Waals surface area contributed by atoms with Gasteiger partial charge in [-0.25, -0.2) is 0 Å². The van der Waals surface area contributed by atoms with Crippen LogP contribution in [0.2, 0.25) is 0 Å². The van der Waals surface area contributed by atoms with E-state index in [-0.39, 0.29) is 18.6 Å². The molecule has 116 valence electrons. The highest BCUT2D eigenvalue weighted by atomic mass is 16.3. The summed E-state index contributed by atoms with van der Waals surface area (Å²) >= 11 is 0. The molecule has 0 spiro atoms. The molecule has 1 aliphatic rings. The van der Waals surface area contributed by atoms with Crippen LogP contribution in [0.5, 0.6) is 0 Å². The van der Waals surface area contributed by atoms with E-state index in [1.54, 1.807) is 0 Å². The van der Waals surface area contributed by atoms with Crippen LogP contribution >= 0.6 is 0 Å². The lowest BCUT2D eigenvalue weighted by molar-refractivity contribution is -0.133. The Bertz CT molecular complexity index is 449. The molecule has 1 N–H and O–H groups in total. The number of aliphatic hydroxyl groups is 1. The van der Waals surface area contributed by atoms with Crippen molar-refractivity contribution in [3.05, 3.63) is 35.9 Å². The normalized spacial score (nSPS) is 22.4. The molecule has 1 aliphatic heterocycles. The van der Waals surface area contributed by atoms with Crippen LogP contribution in [0.25, 0.3) is 0 Å². The number of benzene rings is 1. The Kier molecular flexibility index (Phi) is 5.76. The maximum absolute atomic E-state index is 12.5. The van der Waals surface area contributed by atoms with Crippen molar-refractivity contribution in [3.8, 4) is 0 Å². The average molecular weight is 290 g/mol. The molecule has 4 nitrogen and oxygen atoms in total. The van der Waals surface area contributed by atoms with Gasteiger partial charge >= 0.3 is 0 Å². The number of rotatable bonds is 6. The second-order valence-corrected chi connectivity index (χ2v) is 5.88.